The average molecular weight is 477 g/mol. The SMILES string of the molecule is C[C@]1(N)CC[C@H](c2nc3c(-c4ccc(-c5ccccc5)nc4)cnn3c(N)c2Br)CC1. The van der Waals surface area contributed by atoms with E-state index in [-0.39, 0.29) is 5.54 Å². The maximum Gasteiger partial charge on any atom is 0.165 e. The number of pyridine rings is 1. The Bertz CT molecular complexity index is 1220. The molecular formula is C24H25BrN6. The number of benzene rings is 1. The maximum absolute atomic E-state index is 6.44. The molecule has 1 fully saturated rings. The number of hydrogen-bond donors (Lipinski definition) is 2. The van der Waals surface area contributed by atoms with Crippen LogP contribution in [0.5, 0.6) is 0 Å². The van der Waals surface area contributed by atoms with Gasteiger partial charge in [-0.05, 0) is 54.6 Å². The zero-order chi connectivity index (χ0) is 21.6. The van der Waals surface area contributed by atoms with Gasteiger partial charge in [-0.1, -0.05) is 36.4 Å². The van der Waals surface area contributed by atoms with Gasteiger partial charge < -0.3 is 11.5 Å². The molecule has 0 unspecified atom stereocenters. The third-order valence-electron chi connectivity index (χ3n) is 6.31. The van der Waals surface area contributed by atoms with E-state index < -0.39 is 0 Å². The Morgan fingerprint density at radius 2 is 1.77 bits per heavy atom. The number of nitrogens with two attached hydrogens (primary N) is 2. The first-order chi connectivity index (χ1) is 14.9. The molecule has 0 spiro atoms. The highest BCUT2D eigenvalue weighted by Gasteiger charge is 2.31. The number of halogens is 1. The fourth-order valence-electron chi connectivity index (χ4n) is 4.37. The fraction of sp³-hybridized carbons (Fsp3) is 0.292. The Balaban J connectivity index is 1.54. The Morgan fingerprint density at radius 3 is 2.45 bits per heavy atom. The van der Waals surface area contributed by atoms with Crippen LogP contribution in [0.4, 0.5) is 5.82 Å². The van der Waals surface area contributed by atoms with Crippen molar-refractivity contribution in [2.45, 2.75) is 44.1 Å². The first kappa shape index (κ1) is 20.2. The number of nitrogen functional groups attached to an aromatic ring is 1. The van der Waals surface area contributed by atoms with Gasteiger partial charge >= 0.3 is 0 Å². The summed E-state index contributed by atoms with van der Waals surface area (Å²) in [5.41, 5.74) is 18.4. The van der Waals surface area contributed by atoms with Crippen molar-refractivity contribution >= 4 is 27.4 Å². The van der Waals surface area contributed by atoms with Crippen molar-refractivity contribution in [2.75, 3.05) is 5.73 Å². The number of fused-ring (bicyclic) bond motifs is 1. The number of anilines is 1. The standard InChI is InChI=1S/C24H25BrN6/c1-24(27)11-9-16(10-12-24)21-20(25)22(26)31-23(30-21)18(14-29-31)17-7-8-19(28-13-17)15-5-3-2-4-6-15/h2-8,13-14,16H,9-12,26-27H2,1H3/t16-,24-. The highest BCUT2D eigenvalue weighted by Crippen LogP contribution is 2.41. The van der Waals surface area contributed by atoms with Crippen LogP contribution in [0.3, 0.4) is 0 Å². The van der Waals surface area contributed by atoms with Gasteiger partial charge in [0.15, 0.2) is 5.65 Å². The van der Waals surface area contributed by atoms with Gasteiger partial charge in [-0.2, -0.15) is 9.61 Å². The summed E-state index contributed by atoms with van der Waals surface area (Å²) >= 11 is 3.67. The lowest BCUT2D eigenvalue weighted by molar-refractivity contribution is 0.292. The Morgan fingerprint density at radius 1 is 1.03 bits per heavy atom. The summed E-state index contributed by atoms with van der Waals surface area (Å²) in [6.07, 6.45) is 7.66. The maximum atomic E-state index is 6.44. The van der Waals surface area contributed by atoms with Crippen molar-refractivity contribution in [3.8, 4) is 22.4 Å². The molecule has 0 amide bonds. The lowest BCUT2D eigenvalue weighted by Crippen LogP contribution is -2.39. The normalized spacial score (nSPS) is 21.5. The van der Waals surface area contributed by atoms with Crippen LogP contribution in [0.1, 0.15) is 44.2 Å². The molecule has 0 radical (unpaired) electrons. The second kappa shape index (κ2) is 7.73. The predicted octanol–water partition coefficient (Wildman–Crippen LogP) is 5.18. The molecule has 3 heterocycles. The van der Waals surface area contributed by atoms with Gasteiger partial charge in [0.25, 0.3) is 0 Å². The van der Waals surface area contributed by atoms with Crippen LogP contribution in [0.2, 0.25) is 0 Å². The fourth-order valence-corrected chi connectivity index (χ4v) is 4.95. The average Bonchev–Trinajstić information content (AvgIpc) is 3.21. The summed E-state index contributed by atoms with van der Waals surface area (Å²) < 4.78 is 2.53. The lowest BCUT2D eigenvalue weighted by Gasteiger charge is -2.34. The molecule has 6 nitrogen and oxygen atoms in total. The van der Waals surface area contributed by atoms with Crippen LogP contribution < -0.4 is 11.5 Å². The van der Waals surface area contributed by atoms with Crippen molar-refractivity contribution in [1.29, 1.82) is 0 Å². The minimum absolute atomic E-state index is 0.0907. The Labute approximate surface area is 189 Å². The molecule has 1 aliphatic carbocycles. The van der Waals surface area contributed by atoms with Gasteiger partial charge in [-0.15, -0.1) is 0 Å². The summed E-state index contributed by atoms with van der Waals surface area (Å²) in [5.74, 6) is 0.904. The van der Waals surface area contributed by atoms with Gasteiger partial charge in [-0.25, -0.2) is 4.98 Å². The third kappa shape index (κ3) is 3.72. The molecule has 0 aliphatic heterocycles. The number of nitrogens with zero attached hydrogens (tertiary/aromatic N) is 4. The number of hydrogen-bond acceptors (Lipinski definition) is 5. The van der Waals surface area contributed by atoms with Crippen LogP contribution in [0.15, 0.2) is 59.3 Å². The summed E-state index contributed by atoms with van der Waals surface area (Å²) in [6.45, 7) is 2.13. The van der Waals surface area contributed by atoms with Crippen molar-refractivity contribution in [2.24, 2.45) is 5.73 Å². The second-order valence-corrected chi connectivity index (χ2v) is 9.51. The predicted molar refractivity (Wildman–Crippen MR) is 128 cm³/mol. The van der Waals surface area contributed by atoms with Gasteiger partial charge in [-0.3, -0.25) is 4.98 Å². The van der Waals surface area contributed by atoms with Crippen molar-refractivity contribution in [3.63, 3.8) is 0 Å². The zero-order valence-corrected chi connectivity index (χ0v) is 19.0. The molecule has 0 bridgehead atoms. The Kier molecular flexibility index (Phi) is 5.02. The molecule has 158 valence electrons. The second-order valence-electron chi connectivity index (χ2n) is 8.72. The van der Waals surface area contributed by atoms with Crippen molar-refractivity contribution in [3.05, 3.63) is 65.0 Å². The topological polar surface area (TPSA) is 95.1 Å². The molecule has 1 aromatic carbocycles. The van der Waals surface area contributed by atoms with Crippen LogP contribution in [0.25, 0.3) is 28.0 Å². The number of aromatic nitrogens is 4. The van der Waals surface area contributed by atoms with E-state index in [0.29, 0.717) is 11.7 Å². The van der Waals surface area contributed by atoms with E-state index in [1.54, 1.807) is 4.52 Å². The molecular weight excluding hydrogens is 452 g/mol. The molecule has 4 aromatic rings. The summed E-state index contributed by atoms with van der Waals surface area (Å²) in [7, 11) is 0. The molecule has 31 heavy (non-hydrogen) atoms. The van der Waals surface area contributed by atoms with E-state index in [2.05, 4.69) is 51.1 Å². The number of rotatable bonds is 3. The molecule has 1 aliphatic rings. The molecule has 0 saturated heterocycles. The first-order valence-corrected chi connectivity index (χ1v) is 11.4. The minimum atomic E-state index is -0.0907. The van der Waals surface area contributed by atoms with Crippen LogP contribution >= 0.6 is 15.9 Å². The lowest BCUT2D eigenvalue weighted by atomic mass is 9.77. The quantitative estimate of drug-likeness (QED) is 0.424. The summed E-state index contributed by atoms with van der Waals surface area (Å²) in [5, 5.41) is 4.50. The van der Waals surface area contributed by atoms with Crippen molar-refractivity contribution < 1.29 is 0 Å². The zero-order valence-electron chi connectivity index (χ0n) is 17.4. The molecule has 7 heteroatoms. The van der Waals surface area contributed by atoms with Crippen LogP contribution in [-0.2, 0) is 0 Å². The van der Waals surface area contributed by atoms with Crippen LogP contribution in [0, 0.1) is 0 Å². The summed E-state index contributed by atoms with van der Waals surface area (Å²) in [6, 6.07) is 14.2. The van der Waals surface area contributed by atoms with Crippen LogP contribution in [-0.4, -0.2) is 25.1 Å². The molecule has 5 rings (SSSR count). The highest BCUT2D eigenvalue weighted by atomic mass is 79.9. The monoisotopic (exact) mass is 476 g/mol. The van der Waals surface area contributed by atoms with Gasteiger partial charge in [0.05, 0.1) is 22.1 Å². The van der Waals surface area contributed by atoms with Gasteiger partial charge in [0.2, 0.25) is 0 Å². The van der Waals surface area contributed by atoms with E-state index in [4.69, 9.17) is 16.5 Å². The molecule has 4 N–H and O–H groups in total. The van der Waals surface area contributed by atoms with E-state index in [1.807, 2.05) is 36.7 Å². The molecule has 3 aromatic heterocycles. The third-order valence-corrected chi connectivity index (χ3v) is 7.12. The highest BCUT2D eigenvalue weighted by molar-refractivity contribution is 9.10. The minimum Gasteiger partial charge on any atom is -0.383 e. The van der Waals surface area contributed by atoms with Gasteiger partial charge in [0, 0.05) is 34.3 Å². The van der Waals surface area contributed by atoms with E-state index in [0.717, 1.165) is 63.9 Å². The van der Waals surface area contributed by atoms with E-state index in [1.165, 1.54) is 0 Å². The Hall–Kier alpha value is -2.77. The first-order valence-electron chi connectivity index (χ1n) is 10.6. The smallest absolute Gasteiger partial charge is 0.165 e. The summed E-state index contributed by atoms with van der Waals surface area (Å²) in [4.78, 5) is 9.69. The van der Waals surface area contributed by atoms with E-state index >= 15 is 0 Å². The van der Waals surface area contributed by atoms with Gasteiger partial charge in [0.1, 0.15) is 5.82 Å². The van der Waals surface area contributed by atoms with Crippen molar-refractivity contribution in [1.82, 2.24) is 19.6 Å². The van der Waals surface area contributed by atoms with E-state index in [9.17, 15) is 0 Å². The largest absolute Gasteiger partial charge is 0.383 e. The molecule has 0 atom stereocenters. The molecule has 1 saturated carbocycles.